The van der Waals surface area contributed by atoms with Crippen LogP contribution in [-0.4, -0.2) is 5.11 Å². The molecule has 2 aromatic carbocycles. The summed E-state index contributed by atoms with van der Waals surface area (Å²) in [5, 5.41) is 10.8. The molecule has 0 aliphatic rings. The molecule has 0 aromatic heterocycles. The summed E-state index contributed by atoms with van der Waals surface area (Å²) in [5.74, 6) is -0.0130. The number of rotatable bonds is 1. The van der Waals surface area contributed by atoms with E-state index in [1.165, 1.54) is 12.1 Å². The van der Waals surface area contributed by atoms with Crippen LogP contribution in [0.15, 0.2) is 36.4 Å². The largest absolute Gasteiger partial charge is 0.506 e. The van der Waals surface area contributed by atoms with Crippen molar-refractivity contribution in [2.75, 3.05) is 0 Å². The Morgan fingerprint density at radius 2 is 1.44 bits per heavy atom. The van der Waals surface area contributed by atoms with Crippen molar-refractivity contribution in [3.8, 4) is 16.9 Å². The van der Waals surface area contributed by atoms with Crippen LogP contribution in [0, 0.1) is 0 Å². The Morgan fingerprint density at radius 1 is 0.750 bits per heavy atom. The quantitative estimate of drug-likeness (QED) is 0.773. The molecule has 2 rings (SSSR count). The highest BCUT2D eigenvalue weighted by atomic mass is 35.5. The van der Waals surface area contributed by atoms with E-state index in [4.69, 9.17) is 34.8 Å². The zero-order chi connectivity index (χ0) is 11.7. The molecule has 0 heterocycles. The van der Waals surface area contributed by atoms with Gasteiger partial charge in [0.15, 0.2) is 0 Å². The summed E-state index contributed by atoms with van der Waals surface area (Å²) in [6.07, 6.45) is 0. The number of halogens is 3. The molecule has 2 aromatic rings. The van der Waals surface area contributed by atoms with Gasteiger partial charge in [0, 0.05) is 16.1 Å². The average molecular weight is 274 g/mol. The lowest BCUT2D eigenvalue weighted by molar-refractivity contribution is 0.476. The van der Waals surface area contributed by atoms with Crippen molar-refractivity contribution in [2.45, 2.75) is 0 Å². The molecular weight excluding hydrogens is 266 g/mol. The number of benzene rings is 2. The normalized spacial score (nSPS) is 10.4. The topological polar surface area (TPSA) is 20.2 Å². The van der Waals surface area contributed by atoms with Crippen molar-refractivity contribution >= 4 is 34.8 Å². The van der Waals surface area contributed by atoms with Crippen LogP contribution >= 0.6 is 34.8 Å². The van der Waals surface area contributed by atoms with Crippen molar-refractivity contribution in [1.82, 2.24) is 0 Å². The molecule has 0 fully saturated rings. The van der Waals surface area contributed by atoms with E-state index in [2.05, 4.69) is 0 Å². The van der Waals surface area contributed by atoms with Crippen LogP contribution in [0.5, 0.6) is 5.75 Å². The highest BCUT2D eigenvalue weighted by Crippen LogP contribution is 2.38. The van der Waals surface area contributed by atoms with Gasteiger partial charge in [-0.2, -0.15) is 0 Å². The molecule has 0 atom stereocenters. The Labute approximate surface area is 108 Å². The molecule has 4 heteroatoms. The fraction of sp³-hybridized carbons (Fsp3) is 0. The van der Waals surface area contributed by atoms with Crippen LogP contribution < -0.4 is 0 Å². The van der Waals surface area contributed by atoms with Crippen LogP contribution in [0.2, 0.25) is 15.1 Å². The highest BCUT2D eigenvalue weighted by Gasteiger charge is 2.10. The Balaban J connectivity index is 2.65. The lowest BCUT2D eigenvalue weighted by Crippen LogP contribution is -1.82. The Kier molecular flexibility index (Phi) is 3.29. The van der Waals surface area contributed by atoms with Gasteiger partial charge in [-0.15, -0.1) is 0 Å². The third kappa shape index (κ3) is 2.12. The van der Waals surface area contributed by atoms with Crippen molar-refractivity contribution < 1.29 is 5.11 Å². The molecule has 0 aliphatic heterocycles. The van der Waals surface area contributed by atoms with Gasteiger partial charge in [0.1, 0.15) is 5.75 Å². The van der Waals surface area contributed by atoms with Crippen molar-refractivity contribution in [3.05, 3.63) is 51.5 Å². The molecule has 0 spiro atoms. The molecule has 0 bridgehead atoms. The molecule has 1 N–H and O–H groups in total. The Bertz CT molecular complexity index is 538. The van der Waals surface area contributed by atoms with Gasteiger partial charge in [-0.25, -0.2) is 0 Å². The molecule has 1 nitrogen and oxygen atoms in total. The maximum atomic E-state index is 9.54. The molecule has 0 amide bonds. The molecular formula is C12H7Cl3O. The van der Waals surface area contributed by atoms with Crippen LogP contribution in [0.25, 0.3) is 11.1 Å². The number of hydrogen-bond acceptors (Lipinski definition) is 1. The van der Waals surface area contributed by atoms with E-state index in [0.717, 1.165) is 5.56 Å². The second-order valence-corrected chi connectivity index (χ2v) is 4.48. The first kappa shape index (κ1) is 11.6. The number of aromatic hydroxyl groups is 1. The maximum Gasteiger partial charge on any atom is 0.134 e. The predicted octanol–water partition coefficient (Wildman–Crippen LogP) is 5.02. The van der Waals surface area contributed by atoms with Gasteiger partial charge in [0.05, 0.1) is 10.0 Å². The second kappa shape index (κ2) is 4.54. The number of hydrogen-bond donors (Lipinski definition) is 1. The lowest BCUT2D eigenvalue weighted by Gasteiger charge is -2.08. The molecule has 0 saturated heterocycles. The molecule has 0 aliphatic carbocycles. The standard InChI is InChI=1S/C12H7Cl3O/c13-9-4-2-1-3-7(9)8-5-12(16)11(15)6-10(8)14/h1-6,16H. The predicted molar refractivity (Wildman–Crippen MR) is 68.6 cm³/mol. The van der Waals surface area contributed by atoms with Crippen molar-refractivity contribution in [2.24, 2.45) is 0 Å². The van der Waals surface area contributed by atoms with Crippen LogP contribution in [0.4, 0.5) is 0 Å². The lowest BCUT2D eigenvalue weighted by atomic mass is 10.1. The number of phenolic OH excluding ortho intramolecular Hbond substituents is 1. The third-order valence-corrected chi connectivity index (χ3v) is 3.15. The van der Waals surface area contributed by atoms with Crippen LogP contribution in [0.1, 0.15) is 0 Å². The zero-order valence-corrected chi connectivity index (χ0v) is 10.3. The van der Waals surface area contributed by atoms with Crippen LogP contribution in [0.3, 0.4) is 0 Å². The highest BCUT2D eigenvalue weighted by molar-refractivity contribution is 6.38. The summed E-state index contributed by atoms with van der Waals surface area (Å²) in [6, 6.07) is 10.3. The molecule has 16 heavy (non-hydrogen) atoms. The van der Waals surface area contributed by atoms with Gasteiger partial charge >= 0.3 is 0 Å². The van der Waals surface area contributed by atoms with Gasteiger partial charge in [-0.3, -0.25) is 0 Å². The van der Waals surface area contributed by atoms with Crippen LogP contribution in [-0.2, 0) is 0 Å². The minimum absolute atomic E-state index is 0.0130. The van der Waals surface area contributed by atoms with Gasteiger partial charge in [0.25, 0.3) is 0 Å². The van der Waals surface area contributed by atoms with E-state index < -0.39 is 0 Å². The van der Waals surface area contributed by atoms with E-state index in [0.29, 0.717) is 15.6 Å². The SMILES string of the molecule is Oc1cc(-c2ccccc2Cl)c(Cl)cc1Cl. The van der Waals surface area contributed by atoms with Gasteiger partial charge in [0.2, 0.25) is 0 Å². The molecule has 0 unspecified atom stereocenters. The average Bonchev–Trinajstić information content (AvgIpc) is 2.25. The fourth-order valence-electron chi connectivity index (χ4n) is 1.42. The Hall–Kier alpha value is -0.890. The molecule has 0 saturated carbocycles. The summed E-state index contributed by atoms with van der Waals surface area (Å²) in [5.41, 5.74) is 1.43. The first-order chi connectivity index (χ1) is 7.59. The summed E-state index contributed by atoms with van der Waals surface area (Å²) in [4.78, 5) is 0. The van der Waals surface area contributed by atoms with E-state index in [-0.39, 0.29) is 10.8 Å². The van der Waals surface area contributed by atoms with Crippen molar-refractivity contribution in [1.29, 1.82) is 0 Å². The van der Waals surface area contributed by atoms with Gasteiger partial charge in [-0.05, 0) is 18.2 Å². The first-order valence-electron chi connectivity index (χ1n) is 4.52. The fourth-order valence-corrected chi connectivity index (χ4v) is 2.15. The first-order valence-corrected chi connectivity index (χ1v) is 5.66. The zero-order valence-electron chi connectivity index (χ0n) is 8.05. The summed E-state index contributed by atoms with van der Waals surface area (Å²) >= 11 is 17.8. The van der Waals surface area contributed by atoms with Gasteiger partial charge in [-0.1, -0.05) is 53.0 Å². The van der Waals surface area contributed by atoms with E-state index in [9.17, 15) is 5.11 Å². The van der Waals surface area contributed by atoms with E-state index >= 15 is 0 Å². The third-order valence-electron chi connectivity index (χ3n) is 2.20. The Morgan fingerprint density at radius 3 is 2.12 bits per heavy atom. The minimum atomic E-state index is -0.0130. The molecule has 0 radical (unpaired) electrons. The van der Waals surface area contributed by atoms with Crippen molar-refractivity contribution in [3.63, 3.8) is 0 Å². The summed E-state index contributed by atoms with van der Waals surface area (Å²) in [6.45, 7) is 0. The van der Waals surface area contributed by atoms with Gasteiger partial charge < -0.3 is 5.11 Å². The second-order valence-electron chi connectivity index (χ2n) is 3.26. The monoisotopic (exact) mass is 272 g/mol. The summed E-state index contributed by atoms with van der Waals surface area (Å²) < 4.78 is 0. The summed E-state index contributed by atoms with van der Waals surface area (Å²) in [7, 11) is 0. The smallest absolute Gasteiger partial charge is 0.134 e. The van der Waals surface area contributed by atoms with E-state index in [1.54, 1.807) is 6.07 Å². The maximum absolute atomic E-state index is 9.54. The number of phenols is 1. The molecule has 82 valence electrons. The van der Waals surface area contributed by atoms with E-state index in [1.807, 2.05) is 18.2 Å². The minimum Gasteiger partial charge on any atom is -0.506 e.